The van der Waals surface area contributed by atoms with E-state index in [1.54, 1.807) is 6.92 Å². The number of aryl methyl sites for hydroxylation is 2. The molecule has 23 heavy (non-hydrogen) atoms. The third-order valence-corrected chi connectivity index (χ3v) is 3.97. The van der Waals surface area contributed by atoms with Crippen LogP contribution in [-0.4, -0.2) is 49.2 Å². The summed E-state index contributed by atoms with van der Waals surface area (Å²) in [7, 11) is 0. The van der Waals surface area contributed by atoms with E-state index in [-0.39, 0.29) is 23.6 Å². The molecule has 1 aromatic rings. The number of hydrogen-bond acceptors (Lipinski definition) is 5. The number of carboxylic acid groups (broad SMARTS) is 1. The fourth-order valence-corrected chi connectivity index (χ4v) is 2.94. The molecule has 1 N–H and O–H groups in total. The van der Waals surface area contributed by atoms with E-state index >= 15 is 0 Å². The molecule has 0 spiro atoms. The van der Waals surface area contributed by atoms with Crippen LogP contribution in [0.3, 0.4) is 0 Å². The lowest BCUT2D eigenvalue weighted by Crippen LogP contribution is -2.41. The number of nitro groups is 1. The maximum Gasteiger partial charge on any atom is 0.326 e. The van der Waals surface area contributed by atoms with Crippen LogP contribution in [0.5, 0.6) is 0 Å². The lowest BCUT2D eigenvalue weighted by atomic mass is 10.1. The molecule has 1 saturated heterocycles. The molecule has 0 radical (unpaired) electrons. The number of likely N-dealkylation sites (tertiary alicyclic amines) is 1. The van der Waals surface area contributed by atoms with E-state index in [0.717, 1.165) is 0 Å². The van der Waals surface area contributed by atoms with E-state index in [0.29, 0.717) is 32.2 Å². The zero-order chi connectivity index (χ0) is 17.1. The maximum atomic E-state index is 12.8. The number of rotatable bonds is 6. The Morgan fingerprint density at radius 3 is 2.65 bits per heavy atom. The molecule has 1 aliphatic rings. The van der Waals surface area contributed by atoms with Gasteiger partial charge in [-0.25, -0.2) is 4.79 Å². The summed E-state index contributed by atoms with van der Waals surface area (Å²) in [5.41, 5.74) is -0.141. The molecule has 1 unspecified atom stereocenters. The highest BCUT2D eigenvalue weighted by Gasteiger charge is 2.40. The first-order valence-corrected chi connectivity index (χ1v) is 7.70. The highest BCUT2D eigenvalue weighted by atomic mass is 16.6. The van der Waals surface area contributed by atoms with Gasteiger partial charge in [0.25, 0.3) is 5.91 Å². The number of hydrogen-bond donors (Lipinski definition) is 1. The Balaban J connectivity index is 2.50. The van der Waals surface area contributed by atoms with Crippen molar-refractivity contribution in [2.24, 2.45) is 0 Å². The SMILES string of the molecule is CCCc1nn(CC)c(C(=O)N2CCCC2C(=O)O)c1[N+](=O)[O-]. The minimum absolute atomic E-state index is 0.117. The predicted molar refractivity (Wildman–Crippen MR) is 80.2 cm³/mol. The molecule has 0 bridgehead atoms. The molecule has 2 heterocycles. The van der Waals surface area contributed by atoms with Crippen molar-refractivity contribution in [2.75, 3.05) is 6.54 Å². The number of amides is 1. The number of carbonyl (C=O) groups is 2. The molecule has 0 aliphatic carbocycles. The highest BCUT2D eigenvalue weighted by molar-refractivity contribution is 5.99. The minimum Gasteiger partial charge on any atom is -0.480 e. The molecule has 2 rings (SSSR count). The van der Waals surface area contributed by atoms with Crippen molar-refractivity contribution < 1.29 is 19.6 Å². The van der Waals surface area contributed by atoms with Gasteiger partial charge in [0.2, 0.25) is 5.69 Å². The summed E-state index contributed by atoms with van der Waals surface area (Å²) in [6, 6.07) is -0.933. The Morgan fingerprint density at radius 2 is 2.13 bits per heavy atom. The summed E-state index contributed by atoms with van der Waals surface area (Å²) in [6.45, 7) is 4.20. The molecule has 1 aromatic heterocycles. The second-order valence-corrected chi connectivity index (χ2v) is 5.46. The van der Waals surface area contributed by atoms with Crippen LogP contribution in [-0.2, 0) is 17.8 Å². The van der Waals surface area contributed by atoms with Crippen molar-refractivity contribution in [1.82, 2.24) is 14.7 Å². The van der Waals surface area contributed by atoms with Crippen LogP contribution in [0.2, 0.25) is 0 Å². The molecule has 1 aliphatic heterocycles. The van der Waals surface area contributed by atoms with E-state index in [2.05, 4.69) is 5.10 Å². The standard InChI is InChI=1S/C14H20N4O5/c1-3-6-9-11(18(22)23)12(17(4-2)15-9)13(19)16-8-5-7-10(16)14(20)21/h10H,3-8H2,1-2H3,(H,20,21). The minimum atomic E-state index is -1.09. The van der Waals surface area contributed by atoms with Crippen molar-refractivity contribution in [3.63, 3.8) is 0 Å². The molecule has 1 amide bonds. The van der Waals surface area contributed by atoms with Gasteiger partial charge in [-0.3, -0.25) is 19.6 Å². The second kappa shape index (κ2) is 6.76. The van der Waals surface area contributed by atoms with E-state index < -0.39 is 22.8 Å². The van der Waals surface area contributed by atoms with Crippen LogP contribution in [0.25, 0.3) is 0 Å². The average molecular weight is 324 g/mol. The Bertz CT molecular complexity index is 639. The van der Waals surface area contributed by atoms with Gasteiger partial charge in [0.05, 0.1) is 4.92 Å². The van der Waals surface area contributed by atoms with Gasteiger partial charge in [-0.2, -0.15) is 5.10 Å². The molecule has 0 saturated carbocycles. The number of carbonyl (C=O) groups excluding carboxylic acids is 1. The summed E-state index contributed by atoms with van der Waals surface area (Å²) < 4.78 is 1.31. The number of aliphatic carboxylic acids is 1. The first-order valence-electron chi connectivity index (χ1n) is 7.70. The van der Waals surface area contributed by atoms with E-state index in [1.165, 1.54) is 9.58 Å². The molecule has 1 fully saturated rings. The average Bonchev–Trinajstić information content (AvgIpc) is 3.11. The van der Waals surface area contributed by atoms with Crippen LogP contribution in [0.15, 0.2) is 0 Å². The number of carboxylic acids is 1. The Labute approximate surface area is 133 Å². The van der Waals surface area contributed by atoms with Gasteiger partial charge in [0.1, 0.15) is 11.7 Å². The van der Waals surface area contributed by atoms with Gasteiger partial charge < -0.3 is 10.0 Å². The number of aromatic nitrogens is 2. The summed E-state index contributed by atoms with van der Waals surface area (Å²) in [6.07, 6.45) is 1.98. The van der Waals surface area contributed by atoms with Gasteiger partial charge in [-0.05, 0) is 26.2 Å². The first-order chi connectivity index (χ1) is 10.9. The number of nitrogens with zero attached hydrogens (tertiary/aromatic N) is 4. The van der Waals surface area contributed by atoms with Crippen LogP contribution < -0.4 is 0 Å². The van der Waals surface area contributed by atoms with Gasteiger partial charge in [-0.15, -0.1) is 0 Å². The Morgan fingerprint density at radius 1 is 1.43 bits per heavy atom. The van der Waals surface area contributed by atoms with E-state index in [1.807, 2.05) is 6.92 Å². The summed E-state index contributed by atoms with van der Waals surface area (Å²) in [5, 5.41) is 24.9. The normalized spacial score (nSPS) is 17.5. The lowest BCUT2D eigenvalue weighted by molar-refractivity contribution is -0.386. The van der Waals surface area contributed by atoms with Crippen molar-refractivity contribution in [1.29, 1.82) is 0 Å². The Hall–Kier alpha value is -2.45. The zero-order valence-corrected chi connectivity index (χ0v) is 13.2. The summed E-state index contributed by atoms with van der Waals surface area (Å²) in [5.74, 6) is -1.71. The molecule has 126 valence electrons. The predicted octanol–water partition coefficient (Wildman–Crippen LogP) is 1.45. The molecule has 1 atom stereocenters. The topological polar surface area (TPSA) is 119 Å². The van der Waals surface area contributed by atoms with E-state index in [4.69, 9.17) is 0 Å². The van der Waals surface area contributed by atoms with Gasteiger partial charge >= 0.3 is 11.7 Å². The van der Waals surface area contributed by atoms with Crippen LogP contribution in [0.4, 0.5) is 5.69 Å². The monoisotopic (exact) mass is 324 g/mol. The quantitative estimate of drug-likeness (QED) is 0.625. The van der Waals surface area contributed by atoms with E-state index in [9.17, 15) is 24.8 Å². The zero-order valence-electron chi connectivity index (χ0n) is 13.2. The smallest absolute Gasteiger partial charge is 0.326 e. The first kappa shape index (κ1) is 16.9. The second-order valence-electron chi connectivity index (χ2n) is 5.46. The fraction of sp³-hybridized carbons (Fsp3) is 0.643. The van der Waals surface area contributed by atoms with Gasteiger partial charge in [-0.1, -0.05) is 13.3 Å². The molecular weight excluding hydrogens is 304 g/mol. The highest BCUT2D eigenvalue weighted by Crippen LogP contribution is 2.29. The molecule has 9 heteroatoms. The Kier molecular flexibility index (Phi) is 4.97. The van der Waals surface area contributed by atoms with Gasteiger partial charge in [0, 0.05) is 13.1 Å². The van der Waals surface area contributed by atoms with Crippen molar-refractivity contribution in [3.05, 3.63) is 21.5 Å². The molecular formula is C14H20N4O5. The third kappa shape index (κ3) is 3.03. The summed E-state index contributed by atoms with van der Waals surface area (Å²) >= 11 is 0. The molecule has 9 nitrogen and oxygen atoms in total. The van der Waals surface area contributed by atoms with Crippen molar-refractivity contribution in [3.8, 4) is 0 Å². The lowest BCUT2D eigenvalue weighted by Gasteiger charge is -2.21. The largest absolute Gasteiger partial charge is 0.480 e. The van der Waals surface area contributed by atoms with Crippen LogP contribution >= 0.6 is 0 Å². The maximum absolute atomic E-state index is 12.8. The van der Waals surface area contributed by atoms with Crippen LogP contribution in [0, 0.1) is 10.1 Å². The van der Waals surface area contributed by atoms with Crippen LogP contribution in [0.1, 0.15) is 49.3 Å². The van der Waals surface area contributed by atoms with Gasteiger partial charge in [0.15, 0.2) is 0 Å². The molecule has 0 aromatic carbocycles. The van der Waals surface area contributed by atoms with Crippen molar-refractivity contribution in [2.45, 2.75) is 52.1 Å². The van der Waals surface area contributed by atoms with Crippen molar-refractivity contribution >= 4 is 17.6 Å². The summed E-state index contributed by atoms with van der Waals surface area (Å²) in [4.78, 5) is 36.1. The third-order valence-electron chi connectivity index (χ3n) is 3.97. The fourth-order valence-electron chi connectivity index (χ4n) is 2.94.